The van der Waals surface area contributed by atoms with Crippen molar-refractivity contribution < 1.29 is 13.2 Å². The van der Waals surface area contributed by atoms with Crippen LogP contribution in [0.2, 0.25) is 0 Å². The molecule has 0 aromatic heterocycles. The van der Waals surface area contributed by atoms with Crippen molar-refractivity contribution in [2.75, 3.05) is 24.5 Å². The largest absolute Gasteiger partial charge is 0.308 e. The molecule has 2 heterocycles. The number of primary sulfonamides is 1. The lowest BCUT2D eigenvalue weighted by molar-refractivity contribution is -0.120. The Morgan fingerprint density at radius 3 is 2.47 bits per heavy atom. The van der Waals surface area contributed by atoms with Gasteiger partial charge < -0.3 is 4.90 Å². The Bertz CT molecular complexity index is 1020. The molecule has 0 aliphatic carbocycles. The van der Waals surface area contributed by atoms with Gasteiger partial charge in [-0.25, -0.2) is 13.6 Å². The number of piperidine rings is 1. The van der Waals surface area contributed by atoms with E-state index < -0.39 is 10.0 Å². The van der Waals surface area contributed by atoms with E-state index in [9.17, 15) is 13.2 Å². The van der Waals surface area contributed by atoms with Gasteiger partial charge in [0.05, 0.1) is 11.4 Å². The molecule has 0 saturated carbocycles. The SMILES string of the molecule is C[C@H]1Cc2cc(S(N)(=O)=O)ccc2N1C(=O)CN1CCC(Cc2ccccc2)CC1. The highest BCUT2D eigenvalue weighted by Crippen LogP contribution is 2.34. The van der Waals surface area contributed by atoms with Gasteiger partial charge in [0.2, 0.25) is 15.9 Å². The van der Waals surface area contributed by atoms with Crippen LogP contribution in [-0.2, 0) is 27.7 Å². The third-order valence-corrected chi connectivity index (χ3v) is 7.21. The first-order valence-corrected chi connectivity index (χ1v) is 12.1. The molecule has 2 aromatic rings. The van der Waals surface area contributed by atoms with Gasteiger partial charge in [-0.15, -0.1) is 0 Å². The van der Waals surface area contributed by atoms with E-state index in [-0.39, 0.29) is 16.8 Å². The lowest BCUT2D eigenvalue weighted by atomic mass is 9.90. The molecular weight excluding hydrogens is 398 g/mol. The average molecular weight is 428 g/mol. The molecule has 0 radical (unpaired) electrons. The number of hydrogen-bond donors (Lipinski definition) is 1. The number of amides is 1. The first-order chi connectivity index (χ1) is 14.3. The van der Waals surface area contributed by atoms with Crippen LogP contribution in [-0.4, -0.2) is 44.9 Å². The van der Waals surface area contributed by atoms with Crippen molar-refractivity contribution in [3.05, 3.63) is 59.7 Å². The van der Waals surface area contributed by atoms with Crippen LogP contribution in [0.25, 0.3) is 0 Å². The molecule has 1 fully saturated rings. The van der Waals surface area contributed by atoms with Crippen molar-refractivity contribution in [1.29, 1.82) is 0 Å². The first kappa shape index (κ1) is 21.0. The summed E-state index contributed by atoms with van der Waals surface area (Å²) in [4.78, 5) is 17.2. The second kappa shape index (κ2) is 8.49. The van der Waals surface area contributed by atoms with Crippen molar-refractivity contribution >= 4 is 21.6 Å². The van der Waals surface area contributed by atoms with Gasteiger partial charge in [0.25, 0.3) is 0 Å². The zero-order valence-corrected chi connectivity index (χ0v) is 18.1. The van der Waals surface area contributed by atoms with Crippen LogP contribution in [0.1, 0.15) is 30.9 Å². The van der Waals surface area contributed by atoms with Gasteiger partial charge in [-0.05, 0) is 80.9 Å². The molecule has 7 heteroatoms. The van der Waals surface area contributed by atoms with Crippen molar-refractivity contribution in [2.45, 2.75) is 43.5 Å². The summed E-state index contributed by atoms with van der Waals surface area (Å²) in [5.74, 6) is 0.743. The first-order valence-electron chi connectivity index (χ1n) is 10.6. The Balaban J connectivity index is 1.36. The highest BCUT2D eigenvalue weighted by molar-refractivity contribution is 7.89. The zero-order chi connectivity index (χ0) is 21.3. The molecule has 0 spiro atoms. The maximum Gasteiger partial charge on any atom is 0.241 e. The molecule has 1 saturated heterocycles. The molecule has 0 unspecified atom stereocenters. The van der Waals surface area contributed by atoms with E-state index in [4.69, 9.17) is 5.14 Å². The van der Waals surface area contributed by atoms with Crippen molar-refractivity contribution in [3.63, 3.8) is 0 Å². The summed E-state index contributed by atoms with van der Waals surface area (Å²) < 4.78 is 23.2. The predicted molar refractivity (Wildman–Crippen MR) is 118 cm³/mol. The van der Waals surface area contributed by atoms with E-state index in [1.807, 2.05) is 17.9 Å². The summed E-state index contributed by atoms with van der Waals surface area (Å²) in [6.07, 6.45) is 3.95. The summed E-state index contributed by atoms with van der Waals surface area (Å²) in [6.45, 7) is 4.27. The van der Waals surface area contributed by atoms with E-state index in [2.05, 4.69) is 29.2 Å². The van der Waals surface area contributed by atoms with Crippen molar-refractivity contribution in [3.8, 4) is 0 Å². The van der Waals surface area contributed by atoms with E-state index in [1.165, 1.54) is 11.6 Å². The minimum absolute atomic E-state index is 0.0128. The van der Waals surface area contributed by atoms with Crippen LogP contribution in [0.5, 0.6) is 0 Å². The van der Waals surface area contributed by atoms with Gasteiger partial charge in [-0.2, -0.15) is 0 Å². The Hall–Kier alpha value is -2.22. The molecule has 2 aromatic carbocycles. The molecule has 2 aliphatic rings. The fourth-order valence-electron chi connectivity index (χ4n) is 4.73. The van der Waals surface area contributed by atoms with Crippen molar-refractivity contribution in [1.82, 2.24) is 4.90 Å². The number of fused-ring (bicyclic) bond motifs is 1. The molecule has 0 bridgehead atoms. The number of hydrogen-bond acceptors (Lipinski definition) is 4. The number of likely N-dealkylation sites (tertiary alicyclic amines) is 1. The maximum atomic E-state index is 13.1. The number of sulfonamides is 1. The van der Waals surface area contributed by atoms with Crippen LogP contribution < -0.4 is 10.0 Å². The topological polar surface area (TPSA) is 83.7 Å². The molecular formula is C23H29N3O3S. The van der Waals surface area contributed by atoms with Crippen LogP contribution in [0.4, 0.5) is 5.69 Å². The number of carbonyl (C=O) groups excluding carboxylic acids is 1. The minimum atomic E-state index is -3.74. The van der Waals surface area contributed by atoms with E-state index in [1.54, 1.807) is 12.1 Å². The molecule has 1 amide bonds. The Kier molecular flexibility index (Phi) is 5.95. The van der Waals surface area contributed by atoms with Gasteiger partial charge in [0, 0.05) is 11.7 Å². The summed E-state index contributed by atoms with van der Waals surface area (Å²) in [7, 11) is -3.74. The molecule has 30 heavy (non-hydrogen) atoms. The second-order valence-corrected chi connectivity index (χ2v) is 10.1. The molecule has 1 atom stereocenters. The quantitative estimate of drug-likeness (QED) is 0.795. The Morgan fingerprint density at radius 2 is 1.80 bits per heavy atom. The Morgan fingerprint density at radius 1 is 1.10 bits per heavy atom. The van der Waals surface area contributed by atoms with E-state index in [0.717, 1.165) is 43.6 Å². The van der Waals surface area contributed by atoms with Crippen LogP contribution >= 0.6 is 0 Å². The third-order valence-electron chi connectivity index (χ3n) is 6.30. The number of nitrogens with zero attached hydrogens (tertiary/aromatic N) is 2. The lowest BCUT2D eigenvalue weighted by Crippen LogP contribution is -2.45. The summed E-state index contributed by atoms with van der Waals surface area (Å²) >= 11 is 0. The lowest BCUT2D eigenvalue weighted by Gasteiger charge is -2.33. The number of carbonyl (C=O) groups is 1. The monoisotopic (exact) mass is 427 g/mol. The standard InChI is InChI=1S/C23H29N3O3S/c1-17-13-20-15-21(30(24,28)29)7-8-22(20)26(17)23(27)16-25-11-9-19(10-12-25)14-18-5-3-2-4-6-18/h2-8,15,17,19H,9-14,16H2,1H3,(H2,24,28,29)/t17-/m0/s1. The van der Waals surface area contributed by atoms with Crippen LogP contribution in [0, 0.1) is 5.92 Å². The molecule has 2 aliphatic heterocycles. The molecule has 6 nitrogen and oxygen atoms in total. The minimum Gasteiger partial charge on any atom is -0.308 e. The molecule has 2 N–H and O–H groups in total. The van der Waals surface area contributed by atoms with Gasteiger partial charge in [0.15, 0.2) is 0 Å². The molecule has 160 valence electrons. The Labute approximate surface area is 178 Å². The number of benzene rings is 2. The smallest absolute Gasteiger partial charge is 0.241 e. The van der Waals surface area contributed by atoms with Crippen LogP contribution in [0.15, 0.2) is 53.4 Å². The normalized spacial score (nSPS) is 20.3. The summed E-state index contributed by atoms with van der Waals surface area (Å²) in [5.41, 5.74) is 3.05. The van der Waals surface area contributed by atoms with Crippen LogP contribution in [0.3, 0.4) is 0 Å². The fourth-order valence-corrected chi connectivity index (χ4v) is 5.29. The highest BCUT2D eigenvalue weighted by atomic mass is 32.2. The second-order valence-electron chi connectivity index (χ2n) is 8.56. The highest BCUT2D eigenvalue weighted by Gasteiger charge is 2.33. The van der Waals surface area contributed by atoms with Crippen molar-refractivity contribution in [2.24, 2.45) is 11.1 Å². The fraction of sp³-hybridized carbons (Fsp3) is 0.435. The summed E-state index contributed by atoms with van der Waals surface area (Å²) in [5, 5.41) is 5.25. The average Bonchev–Trinajstić information content (AvgIpc) is 3.04. The third kappa shape index (κ3) is 4.58. The maximum absolute atomic E-state index is 13.1. The number of nitrogens with two attached hydrogens (primary N) is 1. The summed E-state index contributed by atoms with van der Waals surface area (Å²) in [6, 6.07) is 15.4. The number of rotatable bonds is 5. The van der Waals surface area contributed by atoms with E-state index in [0.29, 0.717) is 18.9 Å². The van der Waals surface area contributed by atoms with E-state index >= 15 is 0 Å². The van der Waals surface area contributed by atoms with Gasteiger partial charge in [-0.1, -0.05) is 30.3 Å². The predicted octanol–water partition coefficient (Wildman–Crippen LogP) is 2.57. The zero-order valence-electron chi connectivity index (χ0n) is 17.3. The molecule has 4 rings (SSSR count). The van der Waals surface area contributed by atoms with Gasteiger partial charge in [-0.3, -0.25) is 9.69 Å². The van der Waals surface area contributed by atoms with Gasteiger partial charge >= 0.3 is 0 Å². The number of anilines is 1. The van der Waals surface area contributed by atoms with Gasteiger partial charge in [0.1, 0.15) is 0 Å².